The molecule has 0 bridgehead atoms. The highest BCUT2D eigenvalue weighted by Gasteiger charge is 2.36. The Balaban J connectivity index is 1.24. The van der Waals surface area contributed by atoms with Gasteiger partial charge >= 0.3 is 0 Å². The maximum atomic E-state index is 13.0. The lowest BCUT2D eigenvalue weighted by Gasteiger charge is -2.13. The molecule has 9 heteroatoms. The van der Waals surface area contributed by atoms with Crippen LogP contribution in [0.15, 0.2) is 89.8 Å². The van der Waals surface area contributed by atoms with Crippen LogP contribution in [0.4, 0.5) is 10.5 Å². The Kier molecular flexibility index (Phi) is 9.08. The topological polar surface area (TPSA) is 94.2 Å². The predicted octanol–water partition coefficient (Wildman–Crippen LogP) is 6.89. The summed E-state index contributed by atoms with van der Waals surface area (Å²) in [6.45, 7) is 4.70. The number of amides is 3. The van der Waals surface area contributed by atoms with Crippen molar-refractivity contribution in [1.82, 2.24) is 4.90 Å². The van der Waals surface area contributed by atoms with E-state index in [-0.39, 0.29) is 11.4 Å². The summed E-state index contributed by atoms with van der Waals surface area (Å²) >= 11 is 0.794. The second-order valence-corrected chi connectivity index (χ2v) is 10.4. The van der Waals surface area contributed by atoms with E-state index in [0.717, 1.165) is 27.6 Å². The molecular weight excluding hydrogens is 552 g/mol. The van der Waals surface area contributed by atoms with Crippen LogP contribution in [0, 0.1) is 0 Å². The van der Waals surface area contributed by atoms with Gasteiger partial charge in [-0.2, -0.15) is 0 Å². The summed E-state index contributed by atoms with van der Waals surface area (Å²) in [5.41, 5.74) is 2.23. The zero-order valence-electron chi connectivity index (χ0n) is 23.3. The smallest absolute Gasteiger partial charge is 0.294 e. The van der Waals surface area contributed by atoms with Crippen LogP contribution in [0.1, 0.15) is 25.0 Å². The Morgan fingerprint density at radius 3 is 2.36 bits per heavy atom. The second kappa shape index (κ2) is 13.3. The van der Waals surface area contributed by atoms with Crippen LogP contribution in [0.5, 0.6) is 17.2 Å². The number of carbonyl (C=O) groups excluding carboxylic acids is 3. The van der Waals surface area contributed by atoms with E-state index in [9.17, 15) is 14.4 Å². The summed E-state index contributed by atoms with van der Waals surface area (Å²) in [5.74, 6) is 0.779. The van der Waals surface area contributed by atoms with Crippen molar-refractivity contribution in [2.45, 2.75) is 20.5 Å². The van der Waals surface area contributed by atoms with Crippen molar-refractivity contribution in [3.05, 3.63) is 101 Å². The number of hydrogen-bond acceptors (Lipinski definition) is 7. The van der Waals surface area contributed by atoms with Gasteiger partial charge in [-0.15, -0.1) is 0 Å². The molecule has 0 radical (unpaired) electrons. The van der Waals surface area contributed by atoms with E-state index in [2.05, 4.69) is 29.6 Å². The number of benzene rings is 4. The molecule has 1 aliphatic rings. The Morgan fingerprint density at radius 2 is 1.60 bits per heavy atom. The van der Waals surface area contributed by atoms with Gasteiger partial charge in [0.25, 0.3) is 11.1 Å². The molecule has 3 amide bonds. The molecule has 1 aliphatic heterocycles. The van der Waals surface area contributed by atoms with Crippen LogP contribution in [0.3, 0.4) is 0 Å². The number of hydrogen-bond donors (Lipinski definition) is 1. The monoisotopic (exact) mass is 582 g/mol. The molecule has 214 valence electrons. The molecule has 8 nitrogen and oxygen atoms in total. The summed E-state index contributed by atoms with van der Waals surface area (Å²) in [6, 6.07) is 26.6. The number of nitrogens with one attached hydrogen (secondary N) is 1. The molecule has 42 heavy (non-hydrogen) atoms. The Hall–Kier alpha value is -4.76. The first-order chi connectivity index (χ1) is 20.4. The summed E-state index contributed by atoms with van der Waals surface area (Å²) in [6.07, 6.45) is 1.62. The van der Waals surface area contributed by atoms with Crippen LogP contribution in [0.25, 0.3) is 16.8 Å². The summed E-state index contributed by atoms with van der Waals surface area (Å²) in [4.78, 5) is 39.3. The van der Waals surface area contributed by atoms with Gasteiger partial charge < -0.3 is 19.5 Å². The molecule has 0 aromatic heterocycles. The van der Waals surface area contributed by atoms with Crippen LogP contribution in [-0.2, 0) is 16.2 Å². The zero-order chi connectivity index (χ0) is 29.5. The van der Waals surface area contributed by atoms with Gasteiger partial charge in [-0.25, -0.2) is 0 Å². The molecule has 0 aliphatic carbocycles. The first-order valence-electron chi connectivity index (χ1n) is 13.6. The van der Waals surface area contributed by atoms with Crippen molar-refractivity contribution < 1.29 is 28.6 Å². The predicted molar refractivity (Wildman–Crippen MR) is 165 cm³/mol. The van der Waals surface area contributed by atoms with Crippen LogP contribution in [0.2, 0.25) is 0 Å². The molecule has 1 fully saturated rings. The van der Waals surface area contributed by atoms with E-state index in [4.69, 9.17) is 14.2 Å². The number of nitrogens with zero attached hydrogens (tertiary/aromatic N) is 1. The molecule has 1 saturated heterocycles. The zero-order valence-corrected chi connectivity index (χ0v) is 24.1. The minimum absolute atomic E-state index is 0.223. The second-order valence-electron chi connectivity index (χ2n) is 9.38. The highest BCUT2D eigenvalue weighted by molar-refractivity contribution is 8.18. The Bertz CT molecular complexity index is 1650. The highest BCUT2D eigenvalue weighted by Crippen LogP contribution is 2.35. The molecule has 4 aromatic carbocycles. The molecule has 0 saturated carbocycles. The average Bonchev–Trinajstić information content (AvgIpc) is 3.25. The molecule has 5 rings (SSSR count). The number of anilines is 1. The first kappa shape index (κ1) is 28.8. The summed E-state index contributed by atoms with van der Waals surface area (Å²) in [7, 11) is 0. The van der Waals surface area contributed by atoms with Crippen molar-refractivity contribution in [1.29, 1.82) is 0 Å². The van der Waals surface area contributed by atoms with Crippen molar-refractivity contribution in [2.75, 3.05) is 25.1 Å². The molecule has 0 atom stereocenters. The van der Waals surface area contributed by atoms with E-state index in [1.54, 1.807) is 48.5 Å². The summed E-state index contributed by atoms with van der Waals surface area (Å²) < 4.78 is 17.3. The van der Waals surface area contributed by atoms with Crippen molar-refractivity contribution >= 4 is 51.4 Å². The van der Waals surface area contributed by atoms with Crippen molar-refractivity contribution in [3.8, 4) is 17.2 Å². The van der Waals surface area contributed by atoms with Crippen LogP contribution < -0.4 is 19.5 Å². The van der Waals surface area contributed by atoms with Gasteiger partial charge in [-0.05, 0) is 96.0 Å². The SMILES string of the molecule is CCOc1ccc(NC(=O)CN2C(=O)S/C(=C/c3ccc(OCc4ccc5ccccc5c4)c(OCC)c3)C2=O)cc1. The number of ether oxygens (including phenoxy) is 3. The van der Waals surface area contributed by atoms with E-state index in [1.807, 2.05) is 32.0 Å². The van der Waals surface area contributed by atoms with E-state index in [0.29, 0.717) is 48.3 Å². The van der Waals surface area contributed by atoms with Gasteiger partial charge in [0, 0.05) is 5.69 Å². The third-order valence-electron chi connectivity index (χ3n) is 6.40. The standard InChI is InChI=1S/C33H30N2O6S/c1-3-39-27-14-12-26(13-15-27)34-31(36)20-35-32(37)30(42-33(35)38)19-22-10-16-28(29(18-22)40-4-2)41-21-23-9-11-24-7-5-6-8-25(24)17-23/h5-19H,3-4,20-21H2,1-2H3,(H,34,36)/b30-19+. The summed E-state index contributed by atoms with van der Waals surface area (Å²) in [5, 5.41) is 4.50. The van der Waals surface area contributed by atoms with Crippen molar-refractivity contribution in [2.24, 2.45) is 0 Å². The lowest BCUT2D eigenvalue weighted by Crippen LogP contribution is -2.36. The molecule has 4 aromatic rings. The number of imide groups is 1. The average molecular weight is 583 g/mol. The fourth-order valence-electron chi connectivity index (χ4n) is 4.42. The van der Waals surface area contributed by atoms with Gasteiger partial charge in [0.2, 0.25) is 5.91 Å². The maximum Gasteiger partial charge on any atom is 0.294 e. The van der Waals surface area contributed by atoms with Crippen LogP contribution in [-0.4, -0.2) is 41.7 Å². The fourth-order valence-corrected chi connectivity index (χ4v) is 5.26. The van der Waals surface area contributed by atoms with Gasteiger partial charge in [0.05, 0.1) is 18.1 Å². The van der Waals surface area contributed by atoms with Crippen molar-refractivity contribution in [3.63, 3.8) is 0 Å². The lowest BCUT2D eigenvalue weighted by atomic mass is 10.1. The van der Waals surface area contributed by atoms with Gasteiger partial charge in [0.1, 0.15) is 18.9 Å². The number of thioether (sulfide) groups is 1. The number of carbonyl (C=O) groups is 3. The molecule has 1 N–H and O–H groups in total. The van der Waals surface area contributed by atoms with E-state index >= 15 is 0 Å². The minimum atomic E-state index is -0.526. The third kappa shape index (κ3) is 6.92. The van der Waals surface area contributed by atoms with E-state index in [1.165, 1.54) is 5.39 Å². The first-order valence-corrected chi connectivity index (χ1v) is 14.4. The van der Waals surface area contributed by atoms with E-state index < -0.39 is 17.1 Å². The Morgan fingerprint density at radius 1 is 0.833 bits per heavy atom. The minimum Gasteiger partial charge on any atom is -0.494 e. The normalized spacial score (nSPS) is 14.0. The highest BCUT2D eigenvalue weighted by atomic mass is 32.2. The number of rotatable bonds is 11. The van der Waals surface area contributed by atoms with Crippen LogP contribution >= 0.6 is 11.8 Å². The molecular formula is C33H30N2O6S. The quantitative estimate of drug-likeness (QED) is 0.193. The van der Waals surface area contributed by atoms with Gasteiger partial charge in [-0.1, -0.05) is 42.5 Å². The molecule has 0 spiro atoms. The molecule has 1 heterocycles. The third-order valence-corrected chi connectivity index (χ3v) is 7.31. The largest absolute Gasteiger partial charge is 0.494 e. The molecule has 0 unspecified atom stereocenters. The number of fused-ring (bicyclic) bond motifs is 1. The van der Waals surface area contributed by atoms with Gasteiger partial charge in [-0.3, -0.25) is 19.3 Å². The Labute approximate surface area is 248 Å². The van der Waals surface area contributed by atoms with Gasteiger partial charge in [0.15, 0.2) is 11.5 Å². The lowest BCUT2D eigenvalue weighted by molar-refractivity contribution is -0.127. The maximum absolute atomic E-state index is 13.0. The fraction of sp³-hybridized carbons (Fsp3) is 0.182.